The third-order valence-corrected chi connectivity index (χ3v) is 4.62. The molecule has 0 aromatic heterocycles. The Hall–Kier alpha value is -0.870. The van der Waals surface area contributed by atoms with Gasteiger partial charge in [-0.2, -0.15) is 0 Å². The Bertz CT molecular complexity index is 464. The van der Waals surface area contributed by atoms with Crippen molar-refractivity contribution in [1.29, 1.82) is 0 Å². The minimum atomic E-state index is -3.23. The summed E-state index contributed by atoms with van der Waals surface area (Å²) in [5, 5.41) is 0. The van der Waals surface area contributed by atoms with Crippen LogP contribution in [0.2, 0.25) is 0 Å². The molecule has 1 aromatic carbocycles. The summed E-state index contributed by atoms with van der Waals surface area (Å²) in [5.74, 6) is 0.0833. The van der Waals surface area contributed by atoms with Gasteiger partial charge in [0.2, 0.25) is 0 Å². The molecule has 0 unspecified atom stereocenters. The Balaban J connectivity index is 3.04. The summed E-state index contributed by atoms with van der Waals surface area (Å²) in [6.07, 6.45) is 0. The van der Waals surface area contributed by atoms with Gasteiger partial charge >= 0.3 is 0 Å². The largest absolute Gasteiger partial charge is 0.330 e. The zero-order chi connectivity index (χ0) is 12.4. The van der Waals surface area contributed by atoms with Gasteiger partial charge < -0.3 is 5.73 Å². The number of sulfone groups is 1. The van der Waals surface area contributed by atoms with E-state index in [0.717, 1.165) is 5.56 Å². The molecule has 0 saturated heterocycles. The quantitative estimate of drug-likeness (QED) is 0.873. The fourth-order valence-electron chi connectivity index (χ4n) is 1.47. The second kappa shape index (κ2) is 4.55. The molecule has 4 heteroatoms. The SMILES string of the molecule is Cc1cccc(S(=O)(=O)CC(C)(C)CN)c1. The van der Waals surface area contributed by atoms with Crippen molar-refractivity contribution in [2.45, 2.75) is 25.7 Å². The van der Waals surface area contributed by atoms with E-state index in [1.807, 2.05) is 26.8 Å². The molecule has 0 spiro atoms. The van der Waals surface area contributed by atoms with Crippen LogP contribution in [0.1, 0.15) is 19.4 Å². The van der Waals surface area contributed by atoms with Gasteiger partial charge in [0.15, 0.2) is 9.84 Å². The molecule has 2 N–H and O–H groups in total. The highest BCUT2D eigenvalue weighted by molar-refractivity contribution is 7.91. The first-order valence-corrected chi connectivity index (χ1v) is 6.92. The average Bonchev–Trinajstić information content (AvgIpc) is 2.16. The van der Waals surface area contributed by atoms with Crippen LogP contribution in [0.3, 0.4) is 0 Å². The summed E-state index contributed by atoms with van der Waals surface area (Å²) in [6.45, 7) is 5.96. The van der Waals surface area contributed by atoms with Crippen LogP contribution in [0.25, 0.3) is 0 Å². The number of nitrogens with two attached hydrogens (primary N) is 1. The van der Waals surface area contributed by atoms with Crippen LogP contribution in [-0.4, -0.2) is 20.7 Å². The van der Waals surface area contributed by atoms with Crippen LogP contribution >= 0.6 is 0 Å². The van der Waals surface area contributed by atoms with Crippen molar-refractivity contribution < 1.29 is 8.42 Å². The number of rotatable bonds is 4. The van der Waals surface area contributed by atoms with E-state index >= 15 is 0 Å². The molecule has 0 radical (unpaired) electrons. The van der Waals surface area contributed by atoms with E-state index < -0.39 is 9.84 Å². The van der Waals surface area contributed by atoms with E-state index in [1.54, 1.807) is 18.2 Å². The highest BCUT2D eigenvalue weighted by Gasteiger charge is 2.26. The number of benzene rings is 1. The first-order chi connectivity index (χ1) is 7.27. The van der Waals surface area contributed by atoms with Gasteiger partial charge in [-0.3, -0.25) is 0 Å². The first kappa shape index (κ1) is 13.2. The second-order valence-electron chi connectivity index (χ2n) is 4.94. The van der Waals surface area contributed by atoms with E-state index in [4.69, 9.17) is 5.73 Å². The predicted octanol–water partition coefficient (Wildman–Crippen LogP) is 1.75. The number of hydrogen-bond acceptors (Lipinski definition) is 3. The number of hydrogen-bond donors (Lipinski definition) is 1. The topological polar surface area (TPSA) is 60.2 Å². The lowest BCUT2D eigenvalue weighted by Crippen LogP contribution is -2.31. The molecule has 1 aromatic rings. The standard InChI is InChI=1S/C12H19NO2S/c1-10-5-4-6-11(7-10)16(14,15)9-12(2,3)8-13/h4-7H,8-9,13H2,1-3H3. The summed E-state index contributed by atoms with van der Waals surface area (Å²) in [4.78, 5) is 0.383. The smallest absolute Gasteiger partial charge is 0.178 e. The predicted molar refractivity (Wildman–Crippen MR) is 66.1 cm³/mol. The maximum absolute atomic E-state index is 12.1. The number of aryl methyl sites for hydroxylation is 1. The summed E-state index contributed by atoms with van der Waals surface area (Å²) >= 11 is 0. The van der Waals surface area contributed by atoms with Gasteiger partial charge in [0.1, 0.15) is 0 Å². The van der Waals surface area contributed by atoms with Crippen molar-refractivity contribution in [3.05, 3.63) is 29.8 Å². The molecule has 0 bridgehead atoms. The van der Waals surface area contributed by atoms with Gasteiger partial charge in [0.05, 0.1) is 10.6 Å². The van der Waals surface area contributed by atoms with E-state index in [-0.39, 0.29) is 11.2 Å². The Labute approximate surface area is 97.6 Å². The highest BCUT2D eigenvalue weighted by Crippen LogP contribution is 2.22. The Morgan fingerprint density at radius 2 is 1.94 bits per heavy atom. The fraction of sp³-hybridized carbons (Fsp3) is 0.500. The van der Waals surface area contributed by atoms with E-state index in [2.05, 4.69) is 0 Å². The van der Waals surface area contributed by atoms with Crippen molar-refractivity contribution in [2.24, 2.45) is 11.1 Å². The molecule has 16 heavy (non-hydrogen) atoms. The molecule has 0 heterocycles. The third-order valence-electron chi connectivity index (χ3n) is 2.48. The Kier molecular flexibility index (Phi) is 3.76. The normalized spacial score (nSPS) is 12.8. The molecule has 0 aliphatic rings. The van der Waals surface area contributed by atoms with Gasteiger partial charge in [-0.1, -0.05) is 26.0 Å². The van der Waals surface area contributed by atoms with Crippen LogP contribution in [0.4, 0.5) is 0 Å². The van der Waals surface area contributed by atoms with Crippen molar-refractivity contribution in [2.75, 3.05) is 12.3 Å². The molecule has 0 aliphatic heterocycles. The van der Waals surface area contributed by atoms with Crippen molar-refractivity contribution in [3.8, 4) is 0 Å². The third kappa shape index (κ3) is 3.32. The van der Waals surface area contributed by atoms with E-state index in [9.17, 15) is 8.42 Å². The second-order valence-corrected chi connectivity index (χ2v) is 6.93. The van der Waals surface area contributed by atoms with Gasteiger partial charge in [-0.15, -0.1) is 0 Å². The van der Waals surface area contributed by atoms with Crippen LogP contribution in [0, 0.1) is 12.3 Å². The fourth-order valence-corrected chi connectivity index (χ4v) is 3.43. The van der Waals surface area contributed by atoms with Crippen LogP contribution in [0.15, 0.2) is 29.2 Å². The zero-order valence-corrected chi connectivity index (χ0v) is 10.8. The summed E-state index contributed by atoms with van der Waals surface area (Å²) in [6, 6.07) is 6.97. The van der Waals surface area contributed by atoms with Crippen molar-refractivity contribution >= 4 is 9.84 Å². The van der Waals surface area contributed by atoms with Gasteiger partial charge in [0, 0.05) is 0 Å². The van der Waals surface area contributed by atoms with Gasteiger partial charge in [-0.05, 0) is 36.6 Å². The van der Waals surface area contributed by atoms with Gasteiger partial charge in [-0.25, -0.2) is 8.42 Å². The lowest BCUT2D eigenvalue weighted by atomic mass is 9.97. The van der Waals surface area contributed by atoms with Crippen molar-refractivity contribution in [3.63, 3.8) is 0 Å². The maximum Gasteiger partial charge on any atom is 0.178 e. The lowest BCUT2D eigenvalue weighted by Gasteiger charge is -2.21. The molecule has 3 nitrogen and oxygen atoms in total. The Morgan fingerprint density at radius 3 is 2.44 bits per heavy atom. The van der Waals surface area contributed by atoms with E-state index in [0.29, 0.717) is 11.4 Å². The molecule has 0 saturated carbocycles. The average molecular weight is 241 g/mol. The minimum absolute atomic E-state index is 0.0833. The van der Waals surface area contributed by atoms with E-state index in [1.165, 1.54) is 0 Å². The Morgan fingerprint density at radius 1 is 1.31 bits per heavy atom. The summed E-state index contributed by atoms with van der Waals surface area (Å²) in [7, 11) is -3.23. The monoisotopic (exact) mass is 241 g/mol. The van der Waals surface area contributed by atoms with Crippen molar-refractivity contribution in [1.82, 2.24) is 0 Å². The first-order valence-electron chi connectivity index (χ1n) is 5.26. The minimum Gasteiger partial charge on any atom is -0.330 e. The molecular formula is C12H19NO2S. The zero-order valence-electron chi connectivity index (χ0n) is 10.0. The molecule has 0 aliphatic carbocycles. The highest BCUT2D eigenvalue weighted by atomic mass is 32.2. The molecular weight excluding hydrogens is 222 g/mol. The molecule has 0 fully saturated rings. The molecule has 0 amide bonds. The van der Waals surface area contributed by atoms with Crippen LogP contribution in [-0.2, 0) is 9.84 Å². The molecule has 1 rings (SSSR count). The molecule has 0 atom stereocenters. The van der Waals surface area contributed by atoms with Crippen LogP contribution in [0.5, 0.6) is 0 Å². The van der Waals surface area contributed by atoms with Crippen LogP contribution < -0.4 is 5.73 Å². The summed E-state index contributed by atoms with van der Waals surface area (Å²) < 4.78 is 24.2. The molecule has 90 valence electrons. The van der Waals surface area contributed by atoms with Gasteiger partial charge in [0.25, 0.3) is 0 Å². The lowest BCUT2D eigenvalue weighted by molar-refractivity contribution is 0.425. The maximum atomic E-state index is 12.1. The summed E-state index contributed by atoms with van der Waals surface area (Å²) in [5.41, 5.74) is 6.12.